The molecule has 0 N–H and O–H groups in total. The molecule has 0 aromatic rings. The van der Waals surface area contributed by atoms with Gasteiger partial charge in [-0.15, -0.1) is 0 Å². The Morgan fingerprint density at radius 1 is 0.389 bits per heavy atom. The van der Waals surface area contributed by atoms with Crippen LogP contribution >= 0.6 is 0 Å². The van der Waals surface area contributed by atoms with Gasteiger partial charge in [0.2, 0.25) is 11.3 Å². The highest BCUT2D eigenvalue weighted by Gasteiger charge is 2.94. The summed E-state index contributed by atoms with van der Waals surface area (Å²) in [6.45, 7) is -0.966. The molecule has 0 aliphatic heterocycles. The summed E-state index contributed by atoms with van der Waals surface area (Å²) in [6.07, 6.45) is 0. The fourth-order valence-electron chi connectivity index (χ4n) is 1.82. The number of alkyl halides is 9. The molecule has 0 heterocycles. The molecule has 0 radical (unpaired) electrons. The largest absolute Gasteiger partial charge is 0.378 e. The highest BCUT2D eigenvalue weighted by Crippen LogP contribution is 2.67. The average Bonchev–Trinajstić information content (AvgIpc) is 2.14. The van der Waals surface area contributed by atoms with Gasteiger partial charge in [-0.25, -0.2) is 13.2 Å². The van der Waals surface area contributed by atoms with Gasteiger partial charge in [-0.05, 0) is 20.8 Å². The van der Waals surface area contributed by atoms with E-state index in [9.17, 15) is 39.5 Å². The van der Waals surface area contributed by atoms with Crippen molar-refractivity contribution in [3.8, 4) is 0 Å². The molecule has 2 unspecified atom stereocenters. The van der Waals surface area contributed by atoms with Crippen molar-refractivity contribution >= 4 is 0 Å². The fourth-order valence-corrected chi connectivity index (χ4v) is 1.82. The molecule has 0 nitrogen and oxygen atoms in total. The van der Waals surface area contributed by atoms with Gasteiger partial charge in [0.1, 0.15) is 0 Å². The zero-order valence-corrected chi connectivity index (χ0v) is 9.40. The van der Waals surface area contributed by atoms with E-state index in [2.05, 4.69) is 0 Å². The van der Waals surface area contributed by atoms with Crippen LogP contribution in [-0.4, -0.2) is 34.8 Å². The summed E-state index contributed by atoms with van der Waals surface area (Å²) in [7, 11) is 0. The minimum atomic E-state index is -6.36. The Labute approximate surface area is 96.1 Å². The number of halogens is 9. The first-order valence-electron chi connectivity index (χ1n) is 4.70. The normalized spacial score (nSPS) is 50.0. The maximum atomic E-state index is 13.7. The first-order chi connectivity index (χ1) is 7.50. The summed E-state index contributed by atoms with van der Waals surface area (Å²) in [4.78, 5) is 0. The summed E-state index contributed by atoms with van der Waals surface area (Å²) in [5.41, 5.74) is -14.1. The topological polar surface area (TPSA) is 0 Å². The van der Waals surface area contributed by atoms with Gasteiger partial charge in [0, 0.05) is 0 Å². The summed E-state index contributed by atoms with van der Waals surface area (Å²) in [6, 6.07) is 0. The number of rotatable bonds is 0. The maximum Gasteiger partial charge on any atom is 0.378 e. The van der Waals surface area contributed by atoms with Gasteiger partial charge in [0.25, 0.3) is 0 Å². The van der Waals surface area contributed by atoms with Crippen molar-refractivity contribution in [1.29, 1.82) is 0 Å². The van der Waals surface area contributed by atoms with Crippen molar-refractivity contribution in [1.82, 2.24) is 0 Å². The predicted molar refractivity (Wildman–Crippen MR) is 43.4 cm³/mol. The molecule has 18 heavy (non-hydrogen) atoms. The lowest BCUT2D eigenvalue weighted by molar-refractivity contribution is -0.432. The molecule has 1 saturated carbocycles. The lowest BCUT2D eigenvalue weighted by atomic mass is 9.62. The van der Waals surface area contributed by atoms with E-state index in [4.69, 9.17) is 0 Å². The summed E-state index contributed by atoms with van der Waals surface area (Å²) < 4.78 is 119. The van der Waals surface area contributed by atoms with Crippen molar-refractivity contribution in [2.75, 3.05) is 0 Å². The Balaban J connectivity index is 3.72. The van der Waals surface area contributed by atoms with Crippen LogP contribution in [-0.2, 0) is 0 Å². The second-order valence-corrected chi connectivity index (χ2v) is 4.73. The van der Waals surface area contributed by atoms with E-state index in [1.807, 2.05) is 0 Å². The third-order valence-corrected chi connectivity index (χ3v) is 3.73. The molecule has 0 aromatic carbocycles. The molecular weight excluding hydrogens is 279 g/mol. The Hall–Kier alpha value is -0.630. The monoisotopic (exact) mass is 288 g/mol. The molecule has 0 bridgehead atoms. The first kappa shape index (κ1) is 15.4. The van der Waals surface area contributed by atoms with Gasteiger partial charge in [-0.2, -0.15) is 26.3 Å². The van der Waals surface area contributed by atoms with Crippen LogP contribution in [0.25, 0.3) is 0 Å². The maximum absolute atomic E-state index is 13.7. The summed E-state index contributed by atoms with van der Waals surface area (Å²) in [5, 5.41) is 0. The van der Waals surface area contributed by atoms with Gasteiger partial charge < -0.3 is 0 Å². The van der Waals surface area contributed by atoms with Crippen LogP contribution in [0.4, 0.5) is 39.5 Å². The van der Waals surface area contributed by atoms with E-state index in [-0.39, 0.29) is 20.8 Å². The zero-order chi connectivity index (χ0) is 15.0. The standard InChI is InChI=1S/C9H9F9/c1-4(10)5(2,11)7(13,14)9(17,18)8(15,16)6(4,3)12/h1-3H3. The van der Waals surface area contributed by atoms with E-state index < -0.39 is 34.8 Å². The Morgan fingerprint density at radius 2 is 0.611 bits per heavy atom. The molecule has 9 heteroatoms. The highest BCUT2D eigenvalue weighted by molar-refractivity contribution is 5.28. The van der Waals surface area contributed by atoms with Crippen LogP contribution in [0, 0.1) is 0 Å². The molecule has 1 aliphatic carbocycles. The van der Waals surface area contributed by atoms with Crippen LogP contribution in [0.2, 0.25) is 0 Å². The number of hydrogen-bond donors (Lipinski definition) is 0. The second kappa shape index (κ2) is 3.09. The van der Waals surface area contributed by atoms with Gasteiger partial charge in [-0.3, -0.25) is 0 Å². The molecule has 2 atom stereocenters. The molecular formula is C9H9F9. The number of hydrogen-bond acceptors (Lipinski definition) is 0. The Morgan fingerprint density at radius 3 is 0.833 bits per heavy atom. The van der Waals surface area contributed by atoms with E-state index in [0.717, 1.165) is 0 Å². The third kappa shape index (κ3) is 1.11. The molecule has 0 amide bonds. The lowest BCUT2D eigenvalue weighted by Gasteiger charge is -2.56. The van der Waals surface area contributed by atoms with Crippen LogP contribution in [0.3, 0.4) is 0 Å². The summed E-state index contributed by atoms with van der Waals surface area (Å²) in [5.74, 6) is -18.5. The van der Waals surface area contributed by atoms with Crippen molar-refractivity contribution in [2.45, 2.75) is 55.5 Å². The molecule has 1 rings (SSSR count). The van der Waals surface area contributed by atoms with E-state index in [0.29, 0.717) is 0 Å². The fraction of sp³-hybridized carbons (Fsp3) is 1.00. The molecule has 0 spiro atoms. The van der Waals surface area contributed by atoms with Crippen molar-refractivity contribution < 1.29 is 39.5 Å². The van der Waals surface area contributed by atoms with Crippen molar-refractivity contribution in [3.05, 3.63) is 0 Å². The Bertz CT molecular complexity index is 249. The molecule has 1 fully saturated rings. The first-order valence-corrected chi connectivity index (χ1v) is 4.70. The van der Waals surface area contributed by atoms with Crippen LogP contribution < -0.4 is 0 Å². The molecule has 0 aromatic heterocycles. The quantitative estimate of drug-likeness (QED) is 0.589. The third-order valence-electron chi connectivity index (χ3n) is 3.73. The minimum absolute atomic E-state index is 0.232. The second-order valence-electron chi connectivity index (χ2n) is 4.73. The zero-order valence-electron chi connectivity index (χ0n) is 9.40. The SMILES string of the molecule is CC1(F)C(C)(F)C(F)(F)C(F)(F)C(F)(F)C1(C)F. The van der Waals surface area contributed by atoms with Crippen LogP contribution in [0.1, 0.15) is 20.8 Å². The van der Waals surface area contributed by atoms with Gasteiger partial charge in [-0.1, -0.05) is 0 Å². The molecule has 1 aliphatic rings. The van der Waals surface area contributed by atoms with E-state index in [1.54, 1.807) is 0 Å². The smallest absolute Gasteiger partial charge is 0.237 e. The Kier molecular flexibility index (Phi) is 2.65. The van der Waals surface area contributed by atoms with Gasteiger partial charge >= 0.3 is 17.8 Å². The van der Waals surface area contributed by atoms with Crippen LogP contribution in [0.15, 0.2) is 0 Å². The van der Waals surface area contributed by atoms with Gasteiger partial charge in [0.15, 0.2) is 5.67 Å². The predicted octanol–water partition coefficient (Wildman–Crippen LogP) is 4.09. The van der Waals surface area contributed by atoms with Crippen molar-refractivity contribution in [3.63, 3.8) is 0 Å². The molecule has 108 valence electrons. The van der Waals surface area contributed by atoms with E-state index in [1.165, 1.54) is 0 Å². The average molecular weight is 288 g/mol. The van der Waals surface area contributed by atoms with Gasteiger partial charge in [0.05, 0.1) is 0 Å². The summed E-state index contributed by atoms with van der Waals surface area (Å²) >= 11 is 0. The van der Waals surface area contributed by atoms with Crippen molar-refractivity contribution in [2.24, 2.45) is 0 Å². The highest BCUT2D eigenvalue weighted by atomic mass is 19.4. The van der Waals surface area contributed by atoms with Crippen LogP contribution in [0.5, 0.6) is 0 Å². The molecule has 0 saturated heterocycles. The minimum Gasteiger partial charge on any atom is -0.237 e. The van der Waals surface area contributed by atoms with E-state index >= 15 is 0 Å². The lowest BCUT2D eigenvalue weighted by Crippen LogP contribution is -2.83.